The van der Waals surface area contributed by atoms with E-state index in [1.165, 1.54) is 17.5 Å². The summed E-state index contributed by atoms with van der Waals surface area (Å²) < 4.78 is 0. The van der Waals surface area contributed by atoms with Crippen LogP contribution in [-0.4, -0.2) is 17.3 Å². The van der Waals surface area contributed by atoms with E-state index >= 15 is 0 Å². The van der Waals surface area contributed by atoms with Gasteiger partial charge in [-0.2, -0.15) is 0 Å². The fourth-order valence-corrected chi connectivity index (χ4v) is 2.18. The fraction of sp³-hybridized carbons (Fsp3) is 0.571. The highest BCUT2D eigenvalue weighted by molar-refractivity contribution is 5.22. The Morgan fingerprint density at radius 2 is 1.81 bits per heavy atom. The molecule has 0 amide bonds. The van der Waals surface area contributed by atoms with Gasteiger partial charge in [0.15, 0.2) is 0 Å². The molecule has 0 heterocycles. The maximum Gasteiger partial charge on any atom is 0.0613 e. The third-order valence-corrected chi connectivity index (χ3v) is 3.71. The minimum Gasteiger partial charge on any atom is -0.394 e. The number of benzene rings is 1. The molecular formula is C14H21NO. The first-order valence-electron chi connectivity index (χ1n) is 6.22. The zero-order valence-electron chi connectivity index (χ0n) is 10.00. The van der Waals surface area contributed by atoms with E-state index in [4.69, 9.17) is 0 Å². The summed E-state index contributed by atoms with van der Waals surface area (Å²) in [5.41, 5.74) is 2.70. The van der Waals surface area contributed by atoms with Crippen LogP contribution in [0.4, 0.5) is 0 Å². The summed E-state index contributed by atoms with van der Waals surface area (Å²) in [6.45, 7) is 3.30. The molecule has 0 unspecified atom stereocenters. The molecule has 16 heavy (non-hydrogen) atoms. The van der Waals surface area contributed by atoms with Gasteiger partial charge in [-0.3, -0.25) is 0 Å². The predicted octanol–water partition coefficient (Wildman–Crippen LogP) is 2.25. The smallest absolute Gasteiger partial charge is 0.0613 e. The summed E-state index contributed by atoms with van der Waals surface area (Å²) in [5.74, 6) is 0. The van der Waals surface area contributed by atoms with E-state index in [0.29, 0.717) is 0 Å². The quantitative estimate of drug-likeness (QED) is 0.796. The first-order chi connectivity index (χ1) is 7.78. The van der Waals surface area contributed by atoms with E-state index in [2.05, 4.69) is 36.5 Å². The minimum atomic E-state index is 0.0173. The molecule has 2 rings (SSSR count). The molecule has 0 aromatic heterocycles. The topological polar surface area (TPSA) is 32.3 Å². The summed E-state index contributed by atoms with van der Waals surface area (Å²) >= 11 is 0. The molecule has 1 saturated carbocycles. The molecule has 0 aliphatic heterocycles. The first kappa shape index (κ1) is 11.6. The molecule has 1 aromatic rings. The standard InChI is InChI=1S/C14H21NO/c1-2-12-4-6-13(7-5-12)10-15-14(11-16)8-3-9-14/h4-7,15-16H,2-3,8-11H2,1H3. The molecule has 1 fully saturated rings. The van der Waals surface area contributed by atoms with Gasteiger partial charge in [0.05, 0.1) is 6.61 Å². The Morgan fingerprint density at radius 3 is 2.25 bits per heavy atom. The van der Waals surface area contributed by atoms with Crippen LogP contribution in [0.2, 0.25) is 0 Å². The second-order valence-corrected chi connectivity index (χ2v) is 4.82. The van der Waals surface area contributed by atoms with Crippen molar-refractivity contribution in [2.45, 2.75) is 44.7 Å². The molecule has 1 aromatic carbocycles. The van der Waals surface area contributed by atoms with E-state index in [-0.39, 0.29) is 12.1 Å². The number of hydrogen-bond donors (Lipinski definition) is 2. The molecule has 2 N–H and O–H groups in total. The Hall–Kier alpha value is -0.860. The Balaban J connectivity index is 1.89. The highest BCUT2D eigenvalue weighted by atomic mass is 16.3. The van der Waals surface area contributed by atoms with Gasteiger partial charge in [0, 0.05) is 12.1 Å². The van der Waals surface area contributed by atoms with Crippen molar-refractivity contribution in [1.29, 1.82) is 0 Å². The van der Waals surface area contributed by atoms with Crippen LogP contribution in [0.3, 0.4) is 0 Å². The summed E-state index contributed by atoms with van der Waals surface area (Å²) in [7, 11) is 0. The van der Waals surface area contributed by atoms with Crippen LogP contribution in [0.5, 0.6) is 0 Å². The van der Waals surface area contributed by atoms with Crippen molar-refractivity contribution >= 4 is 0 Å². The Bertz CT molecular complexity index is 322. The second-order valence-electron chi connectivity index (χ2n) is 4.82. The molecule has 0 radical (unpaired) electrons. The average molecular weight is 219 g/mol. The Kier molecular flexibility index (Phi) is 3.62. The Labute approximate surface area is 97.7 Å². The minimum absolute atomic E-state index is 0.0173. The third kappa shape index (κ3) is 2.45. The molecule has 0 spiro atoms. The number of aryl methyl sites for hydroxylation is 1. The summed E-state index contributed by atoms with van der Waals surface area (Å²) in [5, 5.41) is 12.8. The van der Waals surface area contributed by atoms with Crippen molar-refractivity contribution < 1.29 is 5.11 Å². The molecule has 1 aliphatic rings. The predicted molar refractivity (Wildman–Crippen MR) is 66.3 cm³/mol. The van der Waals surface area contributed by atoms with Crippen LogP contribution < -0.4 is 5.32 Å². The zero-order valence-corrected chi connectivity index (χ0v) is 10.00. The lowest BCUT2D eigenvalue weighted by Gasteiger charge is -2.41. The maximum atomic E-state index is 9.33. The SMILES string of the molecule is CCc1ccc(CNC2(CO)CCC2)cc1. The van der Waals surface area contributed by atoms with Gasteiger partial charge in [-0.1, -0.05) is 31.2 Å². The lowest BCUT2D eigenvalue weighted by atomic mass is 9.77. The van der Waals surface area contributed by atoms with Gasteiger partial charge in [-0.25, -0.2) is 0 Å². The van der Waals surface area contributed by atoms with Crippen molar-refractivity contribution in [3.05, 3.63) is 35.4 Å². The molecule has 0 saturated heterocycles. The van der Waals surface area contributed by atoms with Crippen LogP contribution in [-0.2, 0) is 13.0 Å². The highest BCUT2D eigenvalue weighted by Crippen LogP contribution is 2.31. The monoisotopic (exact) mass is 219 g/mol. The number of nitrogens with one attached hydrogen (secondary N) is 1. The fourth-order valence-electron chi connectivity index (χ4n) is 2.18. The third-order valence-electron chi connectivity index (χ3n) is 3.71. The van der Waals surface area contributed by atoms with Crippen LogP contribution in [0, 0.1) is 0 Å². The molecule has 0 bridgehead atoms. The first-order valence-corrected chi connectivity index (χ1v) is 6.22. The molecule has 1 aliphatic carbocycles. The van der Waals surface area contributed by atoms with Gasteiger partial charge in [0.2, 0.25) is 0 Å². The van der Waals surface area contributed by atoms with Crippen LogP contribution >= 0.6 is 0 Å². The second kappa shape index (κ2) is 4.98. The molecule has 0 atom stereocenters. The lowest BCUT2D eigenvalue weighted by Crippen LogP contribution is -2.53. The van der Waals surface area contributed by atoms with Crippen molar-refractivity contribution in [2.24, 2.45) is 0 Å². The molecule has 2 heteroatoms. The lowest BCUT2D eigenvalue weighted by molar-refractivity contribution is 0.0872. The van der Waals surface area contributed by atoms with Crippen molar-refractivity contribution in [1.82, 2.24) is 5.32 Å². The average Bonchev–Trinajstić information content (AvgIpc) is 2.29. The highest BCUT2D eigenvalue weighted by Gasteiger charge is 2.35. The number of aliphatic hydroxyl groups is 1. The zero-order chi connectivity index (χ0) is 11.4. The van der Waals surface area contributed by atoms with Gasteiger partial charge < -0.3 is 10.4 Å². The van der Waals surface area contributed by atoms with Crippen LogP contribution in [0.25, 0.3) is 0 Å². The van der Waals surface area contributed by atoms with Gasteiger partial charge in [0.1, 0.15) is 0 Å². The number of rotatable bonds is 5. The number of hydrogen-bond acceptors (Lipinski definition) is 2. The van der Waals surface area contributed by atoms with Crippen molar-refractivity contribution in [3.63, 3.8) is 0 Å². The van der Waals surface area contributed by atoms with Gasteiger partial charge in [-0.05, 0) is 36.8 Å². The van der Waals surface area contributed by atoms with Crippen molar-refractivity contribution in [3.8, 4) is 0 Å². The van der Waals surface area contributed by atoms with Gasteiger partial charge in [0.25, 0.3) is 0 Å². The van der Waals surface area contributed by atoms with Gasteiger partial charge >= 0.3 is 0 Å². The normalized spacial score (nSPS) is 18.1. The largest absolute Gasteiger partial charge is 0.394 e. The maximum absolute atomic E-state index is 9.33. The van der Waals surface area contributed by atoms with Gasteiger partial charge in [-0.15, -0.1) is 0 Å². The van der Waals surface area contributed by atoms with E-state index < -0.39 is 0 Å². The molecular weight excluding hydrogens is 198 g/mol. The molecule has 2 nitrogen and oxygen atoms in total. The molecule has 88 valence electrons. The Morgan fingerprint density at radius 1 is 1.19 bits per heavy atom. The van der Waals surface area contributed by atoms with E-state index in [1.807, 2.05) is 0 Å². The summed E-state index contributed by atoms with van der Waals surface area (Å²) in [6, 6.07) is 8.72. The van der Waals surface area contributed by atoms with E-state index in [9.17, 15) is 5.11 Å². The van der Waals surface area contributed by atoms with E-state index in [1.54, 1.807) is 0 Å². The van der Waals surface area contributed by atoms with Crippen molar-refractivity contribution in [2.75, 3.05) is 6.61 Å². The van der Waals surface area contributed by atoms with Crippen LogP contribution in [0.1, 0.15) is 37.3 Å². The summed E-state index contributed by atoms with van der Waals surface area (Å²) in [6.07, 6.45) is 4.55. The summed E-state index contributed by atoms with van der Waals surface area (Å²) in [4.78, 5) is 0. The van der Waals surface area contributed by atoms with E-state index in [0.717, 1.165) is 25.8 Å². The number of aliphatic hydroxyl groups excluding tert-OH is 1. The van der Waals surface area contributed by atoms with Crippen LogP contribution in [0.15, 0.2) is 24.3 Å².